The molecular formula is C20H30BrNO2. The molecule has 0 aromatic heterocycles. The van der Waals surface area contributed by atoms with E-state index in [1.165, 1.54) is 12.8 Å². The van der Waals surface area contributed by atoms with Crippen molar-refractivity contribution in [1.29, 1.82) is 0 Å². The fourth-order valence-electron chi connectivity index (χ4n) is 3.36. The van der Waals surface area contributed by atoms with Crippen molar-refractivity contribution in [2.75, 3.05) is 0 Å². The van der Waals surface area contributed by atoms with Crippen molar-refractivity contribution in [1.82, 2.24) is 5.32 Å². The molecule has 1 aromatic rings. The van der Waals surface area contributed by atoms with Crippen LogP contribution in [0.15, 0.2) is 22.7 Å². The molecule has 24 heavy (non-hydrogen) atoms. The topological polar surface area (TPSA) is 38.3 Å². The Bertz CT molecular complexity index is 569. The number of carbonyl (C=O) groups is 1. The lowest BCUT2D eigenvalue weighted by atomic mass is 9.71. The molecule has 0 atom stereocenters. The molecule has 0 unspecified atom stereocenters. The second-order valence-corrected chi connectivity index (χ2v) is 9.05. The fourth-order valence-corrected chi connectivity index (χ4v) is 3.84. The Morgan fingerprint density at radius 3 is 2.33 bits per heavy atom. The zero-order valence-electron chi connectivity index (χ0n) is 15.5. The number of amides is 1. The lowest BCUT2D eigenvalue weighted by Crippen LogP contribution is -2.39. The monoisotopic (exact) mass is 395 g/mol. The first-order valence-electron chi connectivity index (χ1n) is 8.94. The van der Waals surface area contributed by atoms with Crippen LogP contribution in [0.25, 0.3) is 0 Å². The van der Waals surface area contributed by atoms with Crippen LogP contribution < -0.4 is 10.1 Å². The van der Waals surface area contributed by atoms with E-state index in [1.807, 2.05) is 32.0 Å². The molecule has 0 bridgehead atoms. The molecule has 1 amide bonds. The van der Waals surface area contributed by atoms with Gasteiger partial charge in [0.1, 0.15) is 5.75 Å². The quantitative estimate of drug-likeness (QED) is 0.723. The summed E-state index contributed by atoms with van der Waals surface area (Å²) < 4.78 is 6.51. The lowest BCUT2D eigenvalue weighted by Gasteiger charge is -2.37. The van der Waals surface area contributed by atoms with Crippen LogP contribution in [0.1, 0.15) is 70.7 Å². The highest BCUT2D eigenvalue weighted by molar-refractivity contribution is 9.10. The first kappa shape index (κ1) is 19.3. The standard InChI is InChI=1S/C20H30BrNO2/c1-13(2)24-18-11-6-14(12-17(18)21)19(23)22-16-9-7-15(8-10-16)20(3,4)5/h6,11-13,15-16H,7-10H2,1-5H3,(H,22,23). The zero-order valence-corrected chi connectivity index (χ0v) is 17.1. The summed E-state index contributed by atoms with van der Waals surface area (Å²) in [4.78, 5) is 12.5. The fraction of sp³-hybridized carbons (Fsp3) is 0.650. The van der Waals surface area contributed by atoms with E-state index in [9.17, 15) is 4.79 Å². The van der Waals surface area contributed by atoms with E-state index in [4.69, 9.17) is 4.74 Å². The number of nitrogens with one attached hydrogen (secondary N) is 1. The van der Waals surface area contributed by atoms with Crippen molar-refractivity contribution < 1.29 is 9.53 Å². The van der Waals surface area contributed by atoms with E-state index in [2.05, 4.69) is 42.0 Å². The van der Waals surface area contributed by atoms with Crippen molar-refractivity contribution in [3.05, 3.63) is 28.2 Å². The number of rotatable bonds is 4. The summed E-state index contributed by atoms with van der Waals surface area (Å²) in [6, 6.07) is 5.82. The van der Waals surface area contributed by atoms with Gasteiger partial charge in [-0.2, -0.15) is 0 Å². The third kappa shape index (κ3) is 5.23. The molecule has 3 nitrogen and oxygen atoms in total. The number of benzene rings is 1. The summed E-state index contributed by atoms with van der Waals surface area (Å²) in [6.07, 6.45) is 4.64. The van der Waals surface area contributed by atoms with Crippen LogP contribution in [0.5, 0.6) is 5.75 Å². The molecule has 0 saturated heterocycles. The van der Waals surface area contributed by atoms with Gasteiger partial charge in [-0.05, 0) is 85.0 Å². The van der Waals surface area contributed by atoms with E-state index in [-0.39, 0.29) is 12.0 Å². The van der Waals surface area contributed by atoms with Gasteiger partial charge in [0.25, 0.3) is 5.91 Å². The molecule has 0 spiro atoms. The van der Waals surface area contributed by atoms with E-state index in [0.29, 0.717) is 17.0 Å². The average Bonchev–Trinajstić information content (AvgIpc) is 2.48. The lowest BCUT2D eigenvalue weighted by molar-refractivity contribution is 0.0904. The molecule has 1 aromatic carbocycles. The molecule has 4 heteroatoms. The number of hydrogen-bond acceptors (Lipinski definition) is 2. The Morgan fingerprint density at radius 1 is 1.21 bits per heavy atom. The number of carbonyl (C=O) groups excluding carboxylic acids is 1. The third-order valence-corrected chi connectivity index (χ3v) is 5.46. The van der Waals surface area contributed by atoms with Crippen LogP contribution in [0, 0.1) is 11.3 Å². The summed E-state index contributed by atoms with van der Waals surface area (Å²) in [5, 5.41) is 3.19. The SMILES string of the molecule is CC(C)Oc1ccc(C(=O)NC2CCC(C(C)(C)C)CC2)cc1Br. The van der Waals surface area contributed by atoms with Crippen molar-refractivity contribution in [2.24, 2.45) is 11.3 Å². The number of halogens is 1. The highest BCUT2D eigenvalue weighted by atomic mass is 79.9. The number of hydrogen-bond donors (Lipinski definition) is 1. The van der Waals surface area contributed by atoms with Crippen LogP contribution in [0.4, 0.5) is 0 Å². The van der Waals surface area contributed by atoms with E-state index >= 15 is 0 Å². The molecule has 1 aliphatic rings. The molecule has 1 saturated carbocycles. The van der Waals surface area contributed by atoms with Gasteiger partial charge in [0.05, 0.1) is 10.6 Å². The Hall–Kier alpha value is -1.03. The van der Waals surface area contributed by atoms with Crippen LogP contribution in [0.2, 0.25) is 0 Å². The highest BCUT2D eigenvalue weighted by Crippen LogP contribution is 2.37. The maximum Gasteiger partial charge on any atom is 0.251 e. The van der Waals surface area contributed by atoms with Crippen molar-refractivity contribution in [3.8, 4) is 5.75 Å². The van der Waals surface area contributed by atoms with Gasteiger partial charge in [0.2, 0.25) is 0 Å². The molecular weight excluding hydrogens is 366 g/mol. The second-order valence-electron chi connectivity index (χ2n) is 8.20. The van der Waals surface area contributed by atoms with Crippen LogP contribution in [0.3, 0.4) is 0 Å². The Kier molecular flexibility index (Phi) is 6.35. The molecule has 0 heterocycles. The maximum absolute atomic E-state index is 12.5. The van der Waals surface area contributed by atoms with Crippen LogP contribution in [-0.2, 0) is 0 Å². The minimum Gasteiger partial charge on any atom is -0.490 e. The normalized spacial score (nSPS) is 21.6. The Morgan fingerprint density at radius 2 is 1.83 bits per heavy atom. The Labute approximate surface area is 154 Å². The minimum atomic E-state index is 0.00556. The Balaban J connectivity index is 1.93. The molecule has 1 aliphatic carbocycles. The van der Waals surface area contributed by atoms with E-state index in [1.54, 1.807) is 0 Å². The van der Waals surface area contributed by atoms with Gasteiger partial charge in [0.15, 0.2) is 0 Å². The predicted molar refractivity (Wildman–Crippen MR) is 103 cm³/mol. The summed E-state index contributed by atoms with van der Waals surface area (Å²) in [5.74, 6) is 1.53. The largest absolute Gasteiger partial charge is 0.490 e. The van der Waals surface area contributed by atoms with Gasteiger partial charge in [-0.3, -0.25) is 4.79 Å². The van der Waals surface area contributed by atoms with Crippen LogP contribution >= 0.6 is 15.9 Å². The van der Waals surface area contributed by atoms with Crippen molar-refractivity contribution in [2.45, 2.75) is 72.4 Å². The summed E-state index contributed by atoms with van der Waals surface area (Å²) in [7, 11) is 0. The third-order valence-electron chi connectivity index (χ3n) is 4.84. The molecule has 0 aliphatic heterocycles. The van der Waals surface area contributed by atoms with E-state index in [0.717, 1.165) is 29.0 Å². The summed E-state index contributed by atoms with van der Waals surface area (Å²) >= 11 is 3.49. The molecule has 1 N–H and O–H groups in total. The van der Waals surface area contributed by atoms with Crippen LogP contribution in [-0.4, -0.2) is 18.1 Å². The van der Waals surface area contributed by atoms with Gasteiger partial charge >= 0.3 is 0 Å². The summed E-state index contributed by atoms with van der Waals surface area (Å²) in [6.45, 7) is 10.9. The molecule has 2 rings (SSSR count). The maximum atomic E-state index is 12.5. The minimum absolute atomic E-state index is 0.00556. The van der Waals surface area contributed by atoms with E-state index < -0.39 is 0 Å². The summed E-state index contributed by atoms with van der Waals surface area (Å²) in [5.41, 5.74) is 1.04. The van der Waals surface area contributed by atoms with Gasteiger partial charge in [0, 0.05) is 11.6 Å². The average molecular weight is 396 g/mol. The van der Waals surface area contributed by atoms with Gasteiger partial charge in [-0.1, -0.05) is 20.8 Å². The smallest absolute Gasteiger partial charge is 0.251 e. The molecule has 0 radical (unpaired) electrons. The first-order chi connectivity index (χ1) is 11.2. The molecule has 1 fully saturated rings. The number of ether oxygens (including phenoxy) is 1. The van der Waals surface area contributed by atoms with Crippen molar-refractivity contribution in [3.63, 3.8) is 0 Å². The highest BCUT2D eigenvalue weighted by Gasteiger charge is 2.30. The van der Waals surface area contributed by atoms with Crippen molar-refractivity contribution >= 4 is 21.8 Å². The second kappa shape index (κ2) is 7.90. The zero-order chi connectivity index (χ0) is 17.9. The van der Waals surface area contributed by atoms with Gasteiger partial charge < -0.3 is 10.1 Å². The predicted octanol–water partition coefficient (Wildman–Crippen LogP) is 5.57. The van der Waals surface area contributed by atoms with Gasteiger partial charge in [-0.25, -0.2) is 0 Å². The first-order valence-corrected chi connectivity index (χ1v) is 9.73. The van der Waals surface area contributed by atoms with Gasteiger partial charge in [-0.15, -0.1) is 0 Å². The molecule has 134 valence electrons.